The van der Waals surface area contributed by atoms with Gasteiger partial charge in [0.25, 0.3) is 10.0 Å². The Labute approximate surface area is 176 Å². The Bertz CT molecular complexity index is 1070. The molecule has 2 aliphatic heterocycles. The highest BCUT2D eigenvalue weighted by Crippen LogP contribution is 2.37. The van der Waals surface area contributed by atoms with Crippen molar-refractivity contribution < 1.29 is 17.6 Å². The van der Waals surface area contributed by atoms with Crippen LogP contribution in [0.4, 0.5) is 10.1 Å². The maximum atomic E-state index is 13.8. The van der Waals surface area contributed by atoms with E-state index in [2.05, 4.69) is 4.90 Å². The molecule has 1 atom stereocenters. The lowest BCUT2D eigenvalue weighted by Crippen LogP contribution is -2.56. The molecule has 1 amide bonds. The Hall–Kier alpha value is -2.45. The summed E-state index contributed by atoms with van der Waals surface area (Å²) in [6.07, 6.45) is 1.05. The van der Waals surface area contributed by atoms with Crippen LogP contribution in [-0.2, 0) is 21.2 Å². The fourth-order valence-electron chi connectivity index (χ4n) is 4.28. The van der Waals surface area contributed by atoms with Crippen LogP contribution in [0.2, 0.25) is 0 Å². The number of hydrogen-bond donors (Lipinski definition) is 0. The number of amides is 1. The van der Waals surface area contributed by atoms with Gasteiger partial charge in [-0.1, -0.05) is 18.2 Å². The standard InChI is InChI=1S/C22H26FN3O3S/c1-16-15-18(23)8-10-21(16)30(28,29)26-19-6-4-3-5-17(19)7-9-20(26)22(27)25-13-11-24(2)12-14-25/h3-6,8,10,15,20H,7,9,11-14H2,1-2H3/t20-/m1/s1. The highest BCUT2D eigenvalue weighted by atomic mass is 32.2. The fraction of sp³-hybridized carbons (Fsp3) is 0.409. The number of para-hydroxylation sites is 1. The zero-order valence-electron chi connectivity index (χ0n) is 17.2. The third kappa shape index (κ3) is 3.70. The second-order valence-electron chi connectivity index (χ2n) is 8.02. The number of rotatable bonds is 3. The monoisotopic (exact) mass is 431 g/mol. The fourth-order valence-corrected chi connectivity index (χ4v) is 6.17. The van der Waals surface area contributed by atoms with E-state index in [0.29, 0.717) is 37.2 Å². The van der Waals surface area contributed by atoms with Gasteiger partial charge in [-0.3, -0.25) is 9.10 Å². The summed E-state index contributed by atoms with van der Waals surface area (Å²) < 4.78 is 42.4. The third-order valence-corrected chi connectivity index (χ3v) is 7.96. The molecule has 2 aromatic carbocycles. The zero-order chi connectivity index (χ0) is 21.5. The van der Waals surface area contributed by atoms with Crippen molar-refractivity contribution in [2.45, 2.75) is 30.7 Å². The summed E-state index contributed by atoms with van der Waals surface area (Å²) in [6.45, 7) is 4.26. The van der Waals surface area contributed by atoms with Gasteiger partial charge in [0.05, 0.1) is 10.6 Å². The molecule has 160 valence electrons. The molecule has 0 bridgehead atoms. The van der Waals surface area contributed by atoms with Crippen molar-refractivity contribution in [1.82, 2.24) is 9.80 Å². The van der Waals surface area contributed by atoms with Crippen molar-refractivity contribution >= 4 is 21.6 Å². The molecule has 2 heterocycles. The van der Waals surface area contributed by atoms with Crippen LogP contribution >= 0.6 is 0 Å². The first kappa shape index (κ1) is 20.8. The van der Waals surface area contributed by atoms with E-state index in [1.807, 2.05) is 19.2 Å². The lowest BCUT2D eigenvalue weighted by atomic mass is 9.97. The van der Waals surface area contributed by atoms with Gasteiger partial charge in [-0.25, -0.2) is 12.8 Å². The molecule has 0 spiro atoms. The van der Waals surface area contributed by atoms with Gasteiger partial charge in [0.15, 0.2) is 0 Å². The van der Waals surface area contributed by atoms with E-state index in [4.69, 9.17) is 0 Å². The largest absolute Gasteiger partial charge is 0.338 e. The van der Waals surface area contributed by atoms with E-state index in [9.17, 15) is 17.6 Å². The van der Waals surface area contributed by atoms with Crippen molar-refractivity contribution in [3.05, 3.63) is 59.4 Å². The predicted molar refractivity (Wildman–Crippen MR) is 113 cm³/mol. The molecule has 1 fully saturated rings. The number of anilines is 1. The van der Waals surface area contributed by atoms with E-state index < -0.39 is 21.9 Å². The predicted octanol–water partition coefficient (Wildman–Crippen LogP) is 2.42. The quantitative estimate of drug-likeness (QED) is 0.749. The van der Waals surface area contributed by atoms with Crippen molar-refractivity contribution in [1.29, 1.82) is 0 Å². The van der Waals surface area contributed by atoms with Crippen LogP contribution in [0.25, 0.3) is 0 Å². The van der Waals surface area contributed by atoms with E-state index >= 15 is 0 Å². The third-order valence-electron chi connectivity index (χ3n) is 5.97. The smallest absolute Gasteiger partial charge is 0.265 e. The summed E-state index contributed by atoms with van der Waals surface area (Å²) in [5, 5.41) is 0. The first-order chi connectivity index (χ1) is 14.3. The molecule has 6 nitrogen and oxygen atoms in total. The van der Waals surface area contributed by atoms with Crippen molar-refractivity contribution in [3.63, 3.8) is 0 Å². The number of piperazine rings is 1. The van der Waals surface area contributed by atoms with E-state index in [1.54, 1.807) is 24.0 Å². The molecule has 1 saturated heterocycles. The Morgan fingerprint density at radius 1 is 1.07 bits per heavy atom. The Kier molecular flexibility index (Phi) is 5.55. The van der Waals surface area contributed by atoms with Gasteiger partial charge in [0, 0.05) is 26.2 Å². The van der Waals surface area contributed by atoms with Crippen LogP contribution in [0.15, 0.2) is 47.4 Å². The molecular formula is C22H26FN3O3S. The number of aryl methyl sites for hydroxylation is 2. The average Bonchev–Trinajstić information content (AvgIpc) is 2.72. The minimum atomic E-state index is -4.06. The van der Waals surface area contributed by atoms with E-state index in [0.717, 1.165) is 24.7 Å². The molecule has 0 radical (unpaired) electrons. The first-order valence-electron chi connectivity index (χ1n) is 10.1. The number of sulfonamides is 1. The summed E-state index contributed by atoms with van der Waals surface area (Å²) in [7, 11) is -2.05. The van der Waals surface area contributed by atoms with Gasteiger partial charge < -0.3 is 9.80 Å². The highest BCUT2D eigenvalue weighted by Gasteiger charge is 2.42. The molecule has 4 rings (SSSR count). The molecule has 2 aliphatic rings. The molecule has 0 aliphatic carbocycles. The Morgan fingerprint density at radius 2 is 1.77 bits per heavy atom. The summed E-state index contributed by atoms with van der Waals surface area (Å²) in [4.78, 5) is 17.4. The topological polar surface area (TPSA) is 60.9 Å². The summed E-state index contributed by atoms with van der Waals surface area (Å²) in [5.41, 5.74) is 1.74. The number of benzene rings is 2. The molecule has 0 saturated carbocycles. The minimum Gasteiger partial charge on any atom is -0.338 e. The van der Waals surface area contributed by atoms with Crippen LogP contribution in [0.5, 0.6) is 0 Å². The van der Waals surface area contributed by atoms with E-state index in [-0.39, 0.29) is 10.8 Å². The lowest BCUT2D eigenvalue weighted by Gasteiger charge is -2.41. The zero-order valence-corrected chi connectivity index (χ0v) is 18.0. The average molecular weight is 432 g/mol. The number of nitrogens with zero attached hydrogens (tertiary/aromatic N) is 3. The van der Waals surface area contributed by atoms with Gasteiger partial charge in [0.1, 0.15) is 11.9 Å². The van der Waals surface area contributed by atoms with Crippen molar-refractivity contribution in [2.24, 2.45) is 0 Å². The molecule has 0 N–H and O–H groups in total. The van der Waals surface area contributed by atoms with Gasteiger partial charge in [-0.15, -0.1) is 0 Å². The molecular weight excluding hydrogens is 405 g/mol. The Balaban J connectivity index is 1.78. The normalized spacial score (nSPS) is 20.2. The molecule has 2 aromatic rings. The number of carbonyl (C=O) groups excluding carboxylic acids is 1. The number of carbonyl (C=O) groups is 1. The number of halogens is 1. The number of likely N-dealkylation sites (N-methyl/N-ethyl adjacent to an activating group) is 1. The van der Waals surface area contributed by atoms with E-state index in [1.165, 1.54) is 16.4 Å². The molecule has 30 heavy (non-hydrogen) atoms. The van der Waals surface area contributed by atoms with Crippen LogP contribution in [0.1, 0.15) is 17.5 Å². The van der Waals surface area contributed by atoms with Crippen molar-refractivity contribution in [3.8, 4) is 0 Å². The Morgan fingerprint density at radius 3 is 2.47 bits per heavy atom. The number of hydrogen-bond acceptors (Lipinski definition) is 4. The van der Waals surface area contributed by atoms with Crippen LogP contribution < -0.4 is 4.31 Å². The van der Waals surface area contributed by atoms with Crippen LogP contribution in [0, 0.1) is 12.7 Å². The molecule has 8 heteroatoms. The van der Waals surface area contributed by atoms with Gasteiger partial charge >= 0.3 is 0 Å². The van der Waals surface area contributed by atoms with Crippen LogP contribution in [-0.4, -0.2) is 63.4 Å². The maximum absolute atomic E-state index is 13.8. The van der Waals surface area contributed by atoms with Crippen LogP contribution in [0.3, 0.4) is 0 Å². The first-order valence-corrected chi connectivity index (χ1v) is 11.6. The SMILES string of the molecule is Cc1cc(F)ccc1S(=O)(=O)N1c2ccccc2CC[C@@H]1C(=O)N1CCN(C)CC1. The highest BCUT2D eigenvalue weighted by molar-refractivity contribution is 7.93. The molecule has 0 unspecified atom stereocenters. The minimum absolute atomic E-state index is 0.0248. The van der Waals surface area contributed by atoms with Gasteiger partial charge in [0.2, 0.25) is 5.91 Å². The summed E-state index contributed by atoms with van der Waals surface area (Å²) >= 11 is 0. The van der Waals surface area contributed by atoms with Gasteiger partial charge in [-0.05, 0) is 62.2 Å². The van der Waals surface area contributed by atoms with Crippen molar-refractivity contribution in [2.75, 3.05) is 37.5 Å². The maximum Gasteiger partial charge on any atom is 0.265 e. The summed E-state index contributed by atoms with van der Waals surface area (Å²) in [5.74, 6) is -0.656. The molecule has 0 aromatic heterocycles. The summed E-state index contributed by atoms with van der Waals surface area (Å²) in [6, 6.07) is 10.1. The lowest BCUT2D eigenvalue weighted by molar-refractivity contribution is -0.134. The number of fused-ring (bicyclic) bond motifs is 1. The second-order valence-corrected chi connectivity index (χ2v) is 9.81. The van der Waals surface area contributed by atoms with Gasteiger partial charge in [-0.2, -0.15) is 0 Å². The second kappa shape index (κ2) is 8.00.